The van der Waals surface area contributed by atoms with Crippen LogP contribution in [-0.2, 0) is 0 Å². The Kier molecular flexibility index (Phi) is 3.61. The number of rotatable bonds is 2. The zero-order chi connectivity index (χ0) is 10.9. The van der Waals surface area contributed by atoms with Crippen LogP contribution in [0.5, 0.6) is 0 Å². The normalized spacial score (nSPS) is 11.4. The van der Waals surface area contributed by atoms with Crippen LogP contribution in [0.3, 0.4) is 0 Å². The summed E-state index contributed by atoms with van der Waals surface area (Å²) in [6.45, 7) is 7.86. The van der Waals surface area contributed by atoms with E-state index in [-0.39, 0.29) is 0 Å². The molecule has 0 heterocycles. The highest BCUT2D eigenvalue weighted by Gasteiger charge is 2.17. The van der Waals surface area contributed by atoms with Crippen molar-refractivity contribution in [3.63, 3.8) is 0 Å². The van der Waals surface area contributed by atoms with Crippen molar-refractivity contribution < 1.29 is 8.78 Å². The summed E-state index contributed by atoms with van der Waals surface area (Å²) in [7, 11) is -1.82. The Labute approximate surface area is 87.2 Å². The molecule has 0 aliphatic carbocycles. The van der Waals surface area contributed by atoms with Crippen LogP contribution in [0.2, 0.25) is 26.2 Å². The van der Waals surface area contributed by atoms with E-state index in [4.69, 9.17) is 0 Å². The van der Waals surface area contributed by atoms with E-state index in [0.29, 0.717) is 10.4 Å². The van der Waals surface area contributed by atoms with Gasteiger partial charge in [0.2, 0.25) is 0 Å². The number of halogens is 2. The van der Waals surface area contributed by atoms with Crippen LogP contribution in [0.4, 0.5) is 8.78 Å². The molecule has 1 aromatic rings. The SMILES string of the molecule is C[Si](C)c1ccc([Si](C)C)c(F)c1F. The maximum absolute atomic E-state index is 13.5. The highest BCUT2D eigenvalue weighted by molar-refractivity contribution is 6.72. The maximum atomic E-state index is 13.5. The number of benzene rings is 1. The second-order valence-corrected chi connectivity index (χ2v) is 8.87. The first-order valence-corrected chi connectivity index (χ1v) is 9.54. The lowest BCUT2D eigenvalue weighted by atomic mass is 10.3. The third-order valence-corrected chi connectivity index (χ3v) is 5.09. The molecule has 0 saturated carbocycles. The molecule has 0 amide bonds. The molecule has 76 valence electrons. The zero-order valence-electron chi connectivity index (χ0n) is 8.91. The van der Waals surface area contributed by atoms with Gasteiger partial charge in [-0.2, -0.15) is 0 Å². The zero-order valence-corrected chi connectivity index (χ0v) is 10.9. The van der Waals surface area contributed by atoms with Gasteiger partial charge in [-0.25, -0.2) is 8.78 Å². The van der Waals surface area contributed by atoms with E-state index >= 15 is 0 Å². The summed E-state index contributed by atoms with van der Waals surface area (Å²) < 4.78 is 27.1. The monoisotopic (exact) mass is 228 g/mol. The molecule has 0 atom stereocenters. The summed E-state index contributed by atoms with van der Waals surface area (Å²) in [5.41, 5.74) is 0. The van der Waals surface area contributed by atoms with Crippen LogP contribution in [0.15, 0.2) is 12.1 Å². The third kappa shape index (κ3) is 2.12. The van der Waals surface area contributed by atoms with Gasteiger partial charge in [0.1, 0.15) is 0 Å². The van der Waals surface area contributed by atoms with Crippen molar-refractivity contribution in [1.29, 1.82) is 0 Å². The fourth-order valence-electron chi connectivity index (χ4n) is 1.32. The highest BCUT2D eigenvalue weighted by atomic mass is 28.3. The molecule has 14 heavy (non-hydrogen) atoms. The molecule has 2 radical (unpaired) electrons. The smallest absolute Gasteiger partial charge is 0.157 e. The van der Waals surface area contributed by atoms with E-state index in [2.05, 4.69) is 0 Å². The first-order valence-electron chi connectivity index (χ1n) is 4.54. The number of hydrogen-bond donors (Lipinski definition) is 0. The molecule has 1 rings (SSSR count). The quantitative estimate of drug-likeness (QED) is 0.678. The van der Waals surface area contributed by atoms with E-state index in [1.807, 2.05) is 26.2 Å². The van der Waals surface area contributed by atoms with Gasteiger partial charge in [-0.05, 0) is 10.4 Å². The highest BCUT2D eigenvalue weighted by Crippen LogP contribution is 2.03. The van der Waals surface area contributed by atoms with Crippen molar-refractivity contribution in [2.45, 2.75) is 26.2 Å². The topological polar surface area (TPSA) is 0 Å². The average Bonchev–Trinajstić information content (AvgIpc) is 2.08. The van der Waals surface area contributed by atoms with E-state index in [0.717, 1.165) is 0 Å². The van der Waals surface area contributed by atoms with E-state index in [1.165, 1.54) is 0 Å². The molecule has 0 aliphatic rings. The molecule has 4 heteroatoms. The van der Waals surface area contributed by atoms with Gasteiger partial charge in [-0.1, -0.05) is 38.3 Å². The van der Waals surface area contributed by atoms with Gasteiger partial charge in [0.25, 0.3) is 0 Å². The maximum Gasteiger partial charge on any atom is 0.157 e. The minimum absolute atomic E-state index is 0.569. The first kappa shape index (κ1) is 11.6. The molecule has 0 aromatic heterocycles. The molecule has 0 fully saturated rings. The molecule has 0 nitrogen and oxygen atoms in total. The second kappa shape index (κ2) is 4.36. The third-order valence-electron chi connectivity index (χ3n) is 2.16. The summed E-state index contributed by atoms with van der Waals surface area (Å²) in [6, 6.07) is 3.50. The van der Waals surface area contributed by atoms with Crippen LogP contribution >= 0.6 is 0 Å². The van der Waals surface area contributed by atoms with Gasteiger partial charge in [-0.3, -0.25) is 0 Å². The Balaban J connectivity index is 3.26. The fourth-order valence-corrected chi connectivity index (χ4v) is 3.25. The second-order valence-electron chi connectivity index (χ2n) is 3.79. The van der Waals surface area contributed by atoms with Crippen molar-refractivity contribution in [3.8, 4) is 0 Å². The molecular formula is C10H14F2Si2. The summed E-state index contributed by atoms with van der Waals surface area (Å²) in [6.07, 6.45) is 0. The molecule has 0 saturated heterocycles. The lowest BCUT2D eigenvalue weighted by Gasteiger charge is -2.11. The van der Waals surface area contributed by atoms with Crippen LogP contribution in [0, 0.1) is 11.6 Å². The lowest BCUT2D eigenvalue weighted by molar-refractivity contribution is 0.519. The first-order chi connectivity index (χ1) is 6.45. The Morgan fingerprint density at radius 3 is 1.29 bits per heavy atom. The summed E-state index contributed by atoms with van der Waals surface area (Å²) in [4.78, 5) is 0. The predicted octanol–water partition coefficient (Wildman–Crippen LogP) is 1.89. The van der Waals surface area contributed by atoms with E-state index < -0.39 is 29.2 Å². The standard InChI is InChI=1S/C10H14F2Si2/c1-13(2)7-5-6-8(14(3)4)10(12)9(7)11/h5-6H,1-4H3. The number of hydrogen-bond acceptors (Lipinski definition) is 0. The predicted molar refractivity (Wildman–Crippen MR) is 60.6 cm³/mol. The van der Waals surface area contributed by atoms with Gasteiger partial charge in [0.05, 0.1) is 17.6 Å². The van der Waals surface area contributed by atoms with E-state index in [1.54, 1.807) is 12.1 Å². The Hall–Kier alpha value is -0.486. The van der Waals surface area contributed by atoms with Crippen molar-refractivity contribution >= 4 is 28.0 Å². The minimum atomic E-state index is -0.910. The van der Waals surface area contributed by atoms with Gasteiger partial charge in [0.15, 0.2) is 11.6 Å². The Morgan fingerprint density at radius 2 is 1.07 bits per heavy atom. The van der Waals surface area contributed by atoms with Gasteiger partial charge in [-0.15, -0.1) is 0 Å². The minimum Gasteiger partial charge on any atom is -0.204 e. The van der Waals surface area contributed by atoms with Crippen molar-refractivity contribution in [1.82, 2.24) is 0 Å². The van der Waals surface area contributed by atoms with Gasteiger partial charge >= 0.3 is 0 Å². The average molecular weight is 228 g/mol. The van der Waals surface area contributed by atoms with E-state index in [9.17, 15) is 8.78 Å². The molecule has 0 bridgehead atoms. The summed E-state index contributed by atoms with van der Waals surface area (Å²) >= 11 is 0. The fraction of sp³-hybridized carbons (Fsp3) is 0.400. The van der Waals surface area contributed by atoms with Crippen molar-refractivity contribution in [3.05, 3.63) is 23.8 Å². The van der Waals surface area contributed by atoms with Crippen molar-refractivity contribution in [2.75, 3.05) is 0 Å². The largest absolute Gasteiger partial charge is 0.204 e. The van der Waals surface area contributed by atoms with Crippen LogP contribution in [0.25, 0.3) is 0 Å². The molecular weight excluding hydrogens is 214 g/mol. The molecule has 0 unspecified atom stereocenters. The summed E-state index contributed by atoms with van der Waals surface area (Å²) in [5.74, 6) is -1.24. The van der Waals surface area contributed by atoms with Gasteiger partial charge in [0, 0.05) is 0 Å². The molecule has 0 N–H and O–H groups in total. The molecule has 0 aliphatic heterocycles. The lowest BCUT2D eigenvalue weighted by Crippen LogP contribution is -2.35. The molecule has 0 spiro atoms. The molecule has 1 aromatic carbocycles. The Morgan fingerprint density at radius 1 is 0.786 bits per heavy atom. The Bertz CT molecular complexity index is 302. The van der Waals surface area contributed by atoms with Crippen LogP contribution in [0.1, 0.15) is 0 Å². The van der Waals surface area contributed by atoms with Crippen LogP contribution < -0.4 is 10.4 Å². The van der Waals surface area contributed by atoms with Gasteiger partial charge < -0.3 is 0 Å². The van der Waals surface area contributed by atoms with Crippen LogP contribution in [-0.4, -0.2) is 17.6 Å². The summed E-state index contributed by atoms with van der Waals surface area (Å²) in [5, 5.41) is 1.14. The van der Waals surface area contributed by atoms with Crippen molar-refractivity contribution in [2.24, 2.45) is 0 Å².